The van der Waals surface area contributed by atoms with Gasteiger partial charge in [0.2, 0.25) is 0 Å². The summed E-state index contributed by atoms with van der Waals surface area (Å²) in [5.41, 5.74) is 1.77. The average molecular weight is 283 g/mol. The van der Waals surface area contributed by atoms with Gasteiger partial charge in [0.05, 0.1) is 0 Å². The van der Waals surface area contributed by atoms with Gasteiger partial charge in [-0.25, -0.2) is 0 Å². The molecule has 1 N–H and O–H groups in total. The fraction of sp³-hybridized carbons (Fsp3) is 0.294. The van der Waals surface area contributed by atoms with Crippen molar-refractivity contribution in [2.45, 2.75) is 13.0 Å². The highest BCUT2D eigenvalue weighted by atomic mass is 16.1. The maximum Gasteiger partial charge on any atom is 0.269 e. The summed E-state index contributed by atoms with van der Waals surface area (Å²) in [6.45, 7) is 2.53. The minimum Gasteiger partial charge on any atom is -0.351 e. The van der Waals surface area contributed by atoms with Gasteiger partial charge in [0.1, 0.15) is 5.69 Å². The van der Waals surface area contributed by atoms with Crippen LogP contribution >= 0.6 is 0 Å². The molecule has 110 valence electrons. The number of carbonyl (C=O) groups excluding carboxylic acids is 1. The van der Waals surface area contributed by atoms with E-state index in [1.807, 2.05) is 12.1 Å². The summed E-state index contributed by atoms with van der Waals surface area (Å²) in [4.78, 5) is 18.1. The molecule has 0 saturated heterocycles. The van der Waals surface area contributed by atoms with E-state index in [9.17, 15) is 4.79 Å². The lowest BCUT2D eigenvalue weighted by Gasteiger charge is -2.16. The number of rotatable bonds is 7. The van der Waals surface area contributed by atoms with Crippen molar-refractivity contribution < 1.29 is 4.79 Å². The summed E-state index contributed by atoms with van der Waals surface area (Å²) in [5, 5.41) is 2.89. The first-order valence-electron chi connectivity index (χ1n) is 7.17. The molecule has 1 aromatic heterocycles. The van der Waals surface area contributed by atoms with E-state index >= 15 is 0 Å². The Bertz CT molecular complexity index is 542. The van der Waals surface area contributed by atoms with Crippen LogP contribution in [0, 0.1) is 0 Å². The predicted molar refractivity (Wildman–Crippen MR) is 84.0 cm³/mol. The lowest BCUT2D eigenvalue weighted by Crippen LogP contribution is -2.28. The van der Waals surface area contributed by atoms with Crippen molar-refractivity contribution in [3.63, 3.8) is 0 Å². The van der Waals surface area contributed by atoms with Gasteiger partial charge < -0.3 is 10.2 Å². The molecule has 4 heteroatoms. The van der Waals surface area contributed by atoms with E-state index in [0.29, 0.717) is 12.2 Å². The quantitative estimate of drug-likeness (QED) is 0.793. The van der Waals surface area contributed by atoms with E-state index in [2.05, 4.69) is 46.5 Å². The molecule has 2 rings (SSSR count). The number of carbonyl (C=O) groups is 1. The highest BCUT2D eigenvalue weighted by Crippen LogP contribution is 2.02. The second kappa shape index (κ2) is 8.17. The molecule has 0 atom stereocenters. The number of pyridine rings is 1. The maximum atomic E-state index is 11.8. The van der Waals surface area contributed by atoms with E-state index < -0.39 is 0 Å². The Hall–Kier alpha value is -2.20. The van der Waals surface area contributed by atoms with Gasteiger partial charge in [-0.05, 0) is 37.7 Å². The number of amides is 1. The first kappa shape index (κ1) is 15.2. The van der Waals surface area contributed by atoms with Gasteiger partial charge in [-0.1, -0.05) is 36.4 Å². The monoisotopic (exact) mass is 283 g/mol. The van der Waals surface area contributed by atoms with Crippen LogP contribution in [0.4, 0.5) is 0 Å². The third kappa shape index (κ3) is 5.36. The zero-order chi connectivity index (χ0) is 14.9. The SMILES string of the molecule is CN(CCCNC(=O)c1ccccn1)Cc1ccccc1. The van der Waals surface area contributed by atoms with Crippen LogP contribution in [0.25, 0.3) is 0 Å². The largest absolute Gasteiger partial charge is 0.351 e. The Morgan fingerprint density at radius 3 is 2.62 bits per heavy atom. The fourth-order valence-corrected chi connectivity index (χ4v) is 2.11. The van der Waals surface area contributed by atoms with Crippen LogP contribution in [-0.4, -0.2) is 35.9 Å². The van der Waals surface area contributed by atoms with Crippen LogP contribution in [0.1, 0.15) is 22.5 Å². The fourth-order valence-electron chi connectivity index (χ4n) is 2.11. The van der Waals surface area contributed by atoms with E-state index in [4.69, 9.17) is 0 Å². The summed E-state index contributed by atoms with van der Waals surface area (Å²) >= 11 is 0. The minimum absolute atomic E-state index is 0.110. The molecule has 0 aliphatic carbocycles. The molecule has 1 aromatic carbocycles. The third-order valence-electron chi connectivity index (χ3n) is 3.20. The molecule has 1 heterocycles. The van der Waals surface area contributed by atoms with E-state index in [1.54, 1.807) is 18.3 Å². The highest BCUT2D eigenvalue weighted by Gasteiger charge is 2.05. The predicted octanol–water partition coefficient (Wildman–Crippen LogP) is 2.33. The maximum absolute atomic E-state index is 11.8. The van der Waals surface area contributed by atoms with Crippen molar-refractivity contribution in [1.29, 1.82) is 0 Å². The second-order valence-corrected chi connectivity index (χ2v) is 5.05. The average Bonchev–Trinajstić information content (AvgIpc) is 2.53. The second-order valence-electron chi connectivity index (χ2n) is 5.05. The van der Waals surface area contributed by atoms with Crippen LogP contribution in [0.15, 0.2) is 54.7 Å². The molecular formula is C17H21N3O. The molecule has 0 saturated carbocycles. The van der Waals surface area contributed by atoms with Crippen LogP contribution in [-0.2, 0) is 6.54 Å². The molecule has 0 unspecified atom stereocenters. The lowest BCUT2D eigenvalue weighted by atomic mass is 10.2. The summed E-state index contributed by atoms with van der Waals surface area (Å²) in [5.74, 6) is -0.110. The number of hydrogen-bond acceptors (Lipinski definition) is 3. The Labute approximate surface area is 125 Å². The zero-order valence-electron chi connectivity index (χ0n) is 12.3. The number of benzene rings is 1. The first-order chi connectivity index (χ1) is 10.3. The molecule has 1 amide bonds. The van der Waals surface area contributed by atoms with E-state index in [-0.39, 0.29) is 5.91 Å². The van der Waals surface area contributed by atoms with E-state index in [0.717, 1.165) is 19.5 Å². The van der Waals surface area contributed by atoms with Crippen molar-refractivity contribution in [2.75, 3.05) is 20.1 Å². The van der Waals surface area contributed by atoms with Crippen molar-refractivity contribution >= 4 is 5.91 Å². The number of nitrogens with one attached hydrogen (secondary N) is 1. The summed E-state index contributed by atoms with van der Waals surface area (Å²) in [6, 6.07) is 15.7. The normalized spacial score (nSPS) is 10.6. The molecule has 21 heavy (non-hydrogen) atoms. The van der Waals surface area contributed by atoms with Gasteiger partial charge >= 0.3 is 0 Å². The molecule has 0 fully saturated rings. The van der Waals surface area contributed by atoms with Crippen molar-refractivity contribution in [2.24, 2.45) is 0 Å². The van der Waals surface area contributed by atoms with Gasteiger partial charge in [0.25, 0.3) is 5.91 Å². The summed E-state index contributed by atoms with van der Waals surface area (Å²) in [6.07, 6.45) is 2.55. The van der Waals surface area contributed by atoms with Gasteiger partial charge in [0.15, 0.2) is 0 Å². The molecule has 0 aliphatic heterocycles. The van der Waals surface area contributed by atoms with Crippen LogP contribution in [0.3, 0.4) is 0 Å². The number of hydrogen-bond donors (Lipinski definition) is 1. The molecule has 2 aromatic rings. The van der Waals surface area contributed by atoms with Crippen molar-refractivity contribution in [3.8, 4) is 0 Å². The Kier molecular flexibility index (Phi) is 5.91. The van der Waals surface area contributed by atoms with Gasteiger partial charge in [-0.3, -0.25) is 9.78 Å². The lowest BCUT2D eigenvalue weighted by molar-refractivity contribution is 0.0947. The third-order valence-corrected chi connectivity index (χ3v) is 3.20. The Morgan fingerprint density at radius 1 is 1.14 bits per heavy atom. The Morgan fingerprint density at radius 2 is 1.90 bits per heavy atom. The van der Waals surface area contributed by atoms with Crippen LogP contribution in [0.5, 0.6) is 0 Å². The highest BCUT2D eigenvalue weighted by molar-refractivity contribution is 5.92. The Balaban J connectivity index is 1.64. The molecule has 0 aliphatic rings. The van der Waals surface area contributed by atoms with Gasteiger partial charge in [-0.2, -0.15) is 0 Å². The minimum atomic E-state index is -0.110. The van der Waals surface area contributed by atoms with Crippen molar-refractivity contribution in [3.05, 3.63) is 66.0 Å². The van der Waals surface area contributed by atoms with Crippen LogP contribution < -0.4 is 5.32 Å². The molecule has 0 radical (unpaired) electrons. The molecular weight excluding hydrogens is 262 g/mol. The standard InChI is InChI=1S/C17H21N3O/c1-20(14-15-8-3-2-4-9-15)13-7-12-19-17(21)16-10-5-6-11-18-16/h2-6,8-11H,7,12-14H2,1H3,(H,19,21). The molecule has 0 bridgehead atoms. The molecule has 0 spiro atoms. The van der Waals surface area contributed by atoms with Crippen molar-refractivity contribution in [1.82, 2.24) is 15.2 Å². The smallest absolute Gasteiger partial charge is 0.269 e. The summed E-state index contributed by atoms with van der Waals surface area (Å²) < 4.78 is 0. The summed E-state index contributed by atoms with van der Waals surface area (Å²) in [7, 11) is 2.09. The zero-order valence-corrected chi connectivity index (χ0v) is 12.3. The number of aromatic nitrogens is 1. The van der Waals surface area contributed by atoms with E-state index in [1.165, 1.54) is 5.56 Å². The first-order valence-corrected chi connectivity index (χ1v) is 7.17. The van der Waals surface area contributed by atoms with Crippen LogP contribution in [0.2, 0.25) is 0 Å². The van der Waals surface area contributed by atoms with Gasteiger partial charge in [0, 0.05) is 19.3 Å². The number of nitrogens with zero attached hydrogens (tertiary/aromatic N) is 2. The van der Waals surface area contributed by atoms with Gasteiger partial charge in [-0.15, -0.1) is 0 Å². The molecule has 4 nitrogen and oxygen atoms in total. The topological polar surface area (TPSA) is 45.2 Å².